The fourth-order valence-electron chi connectivity index (χ4n) is 3.78. The lowest BCUT2D eigenvalue weighted by Gasteiger charge is -2.11. The number of ether oxygens (including phenoxy) is 5. The molecule has 4 aromatic rings. The molecule has 11 nitrogen and oxygen atoms in total. The molecule has 0 fully saturated rings. The van der Waals surface area contributed by atoms with Gasteiger partial charge in [-0.25, -0.2) is 4.98 Å². The van der Waals surface area contributed by atoms with E-state index in [0.717, 1.165) is 5.69 Å². The number of aromatic nitrogens is 4. The summed E-state index contributed by atoms with van der Waals surface area (Å²) in [4.78, 5) is 26.2. The number of hydrogen-bond donors (Lipinski definition) is 1. The van der Waals surface area contributed by atoms with E-state index >= 15 is 0 Å². The van der Waals surface area contributed by atoms with Crippen LogP contribution in [0.5, 0.6) is 23.0 Å². The molecule has 0 bridgehead atoms. The zero-order valence-corrected chi connectivity index (χ0v) is 22.4. The third-order valence-electron chi connectivity index (χ3n) is 5.86. The second-order valence-corrected chi connectivity index (χ2v) is 8.71. The molecule has 210 valence electrons. The Bertz CT molecular complexity index is 1560. The Labute approximate surface area is 236 Å². The van der Waals surface area contributed by atoms with Crippen LogP contribution in [0.4, 0.5) is 11.6 Å². The molecule has 0 amide bonds. The van der Waals surface area contributed by atoms with E-state index in [1.807, 2.05) is 30.3 Å². The van der Waals surface area contributed by atoms with Crippen LogP contribution >= 0.6 is 0 Å². The summed E-state index contributed by atoms with van der Waals surface area (Å²) in [6.45, 7) is 1.58. The number of rotatable bonds is 5. The molecule has 11 heteroatoms. The number of para-hydroxylation sites is 1. The molecule has 5 rings (SSSR count). The summed E-state index contributed by atoms with van der Waals surface area (Å²) in [7, 11) is 1.66. The summed E-state index contributed by atoms with van der Waals surface area (Å²) in [5.74, 6) is 2.39. The van der Waals surface area contributed by atoms with Crippen LogP contribution in [0.25, 0.3) is 11.3 Å². The predicted octanol–water partition coefficient (Wildman–Crippen LogP) is 4.66. The van der Waals surface area contributed by atoms with Crippen molar-refractivity contribution in [2.75, 3.05) is 38.5 Å². The van der Waals surface area contributed by atoms with Crippen LogP contribution in [0.3, 0.4) is 0 Å². The van der Waals surface area contributed by atoms with Gasteiger partial charge in [0, 0.05) is 37.4 Å². The number of fused-ring (bicyclic) bond motifs is 1. The molecule has 0 spiro atoms. The normalized spacial score (nSPS) is 13.3. The molecular formula is C30H29N5O6. The van der Waals surface area contributed by atoms with Crippen molar-refractivity contribution >= 4 is 11.6 Å². The summed E-state index contributed by atoms with van der Waals surface area (Å²) < 4.78 is 29.9. The molecule has 1 aromatic carbocycles. The highest BCUT2D eigenvalue weighted by Crippen LogP contribution is 2.27. The van der Waals surface area contributed by atoms with E-state index < -0.39 is 0 Å². The van der Waals surface area contributed by atoms with Crippen LogP contribution in [0, 0.1) is 0 Å². The van der Waals surface area contributed by atoms with Gasteiger partial charge in [0.15, 0.2) is 11.5 Å². The fourth-order valence-corrected chi connectivity index (χ4v) is 3.78. The van der Waals surface area contributed by atoms with E-state index in [9.17, 15) is 4.79 Å². The Kier molecular flexibility index (Phi) is 9.33. The Morgan fingerprint density at radius 3 is 2.27 bits per heavy atom. The van der Waals surface area contributed by atoms with E-state index in [-0.39, 0.29) is 12.4 Å². The van der Waals surface area contributed by atoms with Gasteiger partial charge in [0.1, 0.15) is 31.5 Å². The minimum Gasteiger partial charge on any atom is -0.487 e. The van der Waals surface area contributed by atoms with Crippen molar-refractivity contribution in [1.29, 1.82) is 0 Å². The highest BCUT2D eigenvalue weighted by Gasteiger charge is 2.12. The molecule has 4 heterocycles. The molecule has 0 unspecified atom stereocenters. The van der Waals surface area contributed by atoms with Crippen LogP contribution < -0.4 is 25.1 Å². The molecule has 1 aliphatic rings. The first-order chi connectivity index (χ1) is 20.2. The number of nitrogens with zero attached hydrogens (tertiary/aromatic N) is 4. The van der Waals surface area contributed by atoms with Crippen LogP contribution in [-0.2, 0) is 16.5 Å². The highest BCUT2D eigenvalue weighted by molar-refractivity contribution is 5.60. The molecule has 0 saturated heterocycles. The monoisotopic (exact) mass is 555 g/mol. The summed E-state index contributed by atoms with van der Waals surface area (Å²) in [5, 5.41) is 3.15. The maximum Gasteiger partial charge on any atom is 0.264 e. The summed E-state index contributed by atoms with van der Waals surface area (Å²) >= 11 is 0. The van der Waals surface area contributed by atoms with Gasteiger partial charge in [-0.2, -0.15) is 0 Å². The van der Waals surface area contributed by atoms with Gasteiger partial charge in [0.25, 0.3) is 5.56 Å². The average Bonchev–Trinajstić information content (AvgIpc) is 3.05. The van der Waals surface area contributed by atoms with Crippen molar-refractivity contribution in [2.24, 2.45) is 7.05 Å². The second kappa shape index (κ2) is 13.9. The van der Waals surface area contributed by atoms with Crippen molar-refractivity contribution in [3.8, 4) is 34.3 Å². The Balaban J connectivity index is 1.35. The lowest BCUT2D eigenvalue weighted by Crippen LogP contribution is -2.22. The largest absolute Gasteiger partial charge is 0.487 e. The third kappa shape index (κ3) is 7.56. The number of pyridine rings is 1. The lowest BCUT2D eigenvalue weighted by molar-refractivity contribution is -0.0637. The van der Waals surface area contributed by atoms with Gasteiger partial charge >= 0.3 is 0 Å². The minimum absolute atomic E-state index is 0.183. The topological polar surface area (TPSA) is 119 Å². The molecule has 0 radical (unpaired) electrons. The number of hydrogen-bond acceptors (Lipinski definition) is 10. The van der Waals surface area contributed by atoms with E-state index in [4.69, 9.17) is 23.7 Å². The van der Waals surface area contributed by atoms with Crippen molar-refractivity contribution in [2.45, 2.75) is 0 Å². The highest BCUT2D eigenvalue weighted by atomic mass is 16.7. The van der Waals surface area contributed by atoms with Crippen molar-refractivity contribution < 1.29 is 23.7 Å². The van der Waals surface area contributed by atoms with Gasteiger partial charge in [0.05, 0.1) is 30.7 Å². The molecule has 0 aliphatic carbocycles. The van der Waals surface area contributed by atoms with E-state index in [1.54, 1.807) is 62.0 Å². The summed E-state index contributed by atoms with van der Waals surface area (Å²) in [6, 6.07) is 19.9. The Morgan fingerprint density at radius 1 is 0.780 bits per heavy atom. The number of benzene rings is 1. The minimum atomic E-state index is -0.230. The summed E-state index contributed by atoms with van der Waals surface area (Å²) in [5.41, 5.74) is 1.44. The lowest BCUT2D eigenvalue weighted by atomic mass is 10.2. The Hall–Kier alpha value is -5.00. The second-order valence-electron chi connectivity index (χ2n) is 8.71. The van der Waals surface area contributed by atoms with Crippen molar-refractivity contribution in [3.63, 3.8) is 0 Å². The number of anilines is 2. The number of nitrogens with one attached hydrogen (secondary N) is 1. The maximum atomic E-state index is 13.1. The van der Waals surface area contributed by atoms with Crippen LogP contribution in [-0.4, -0.2) is 52.7 Å². The Morgan fingerprint density at radius 2 is 1.51 bits per heavy atom. The fraction of sp³-hybridized carbons (Fsp3) is 0.200. The van der Waals surface area contributed by atoms with E-state index in [1.165, 1.54) is 10.8 Å². The van der Waals surface area contributed by atoms with Gasteiger partial charge in [-0.3, -0.25) is 19.3 Å². The van der Waals surface area contributed by atoms with E-state index in [0.29, 0.717) is 66.6 Å². The molecular weight excluding hydrogens is 526 g/mol. The van der Waals surface area contributed by atoms with Crippen LogP contribution in [0.2, 0.25) is 0 Å². The van der Waals surface area contributed by atoms with E-state index in [2.05, 4.69) is 20.3 Å². The third-order valence-corrected chi connectivity index (χ3v) is 5.86. The summed E-state index contributed by atoms with van der Waals surface area (Å²) in [6.07, 6.45) is 6.27. The maximum absolute atomic E-state index is 13.1. The van der Waals surface area contributed by atoms with Crippen molar-refractivity contribution in [3.05, 3.63) is 102 Å². The smallest absolute Gasteiger partial charge is 0.264 e. The van der Waals surface area contributed by atoms with Gasteiger partial charge in [0.2, 0.25) is 5.95 Å². The van der Waals surface area contributed by atoms with Crippen LogP contribution in [0.15, 0.2) is 96.3 Å². The van der Waals surface area contributed by atoms with Gasteiger partial charge in [-0.1, -0.05) is 18.2 Å². The first-order valence-corrected chi connectivity index (χ1v) is 12.9. The SMILES string of the molecule is Cn1c(Nc2ccccc2)ncc(-c2ccc(Oc3ccnccc4c(cc3)OCCOCOCCO4)cn2)c1=O. The standard InChI is InChI=1S/C30H29N5O6/c1-35-29(36)25(20-33-30(35)34-22-5-3-2-4-6-22)26-9-7-24(19-32-26)41-23-8-10-27-28(12-14-31-13-11-23)40-18-16-38-21-37-15-17-39-27/h2-14,19-20H,15-18,21H2,1H3,(H,33,34). The van der Waals surface area contributed by atoms with Gasteiger partial charge in [-0.05, 0) is 42.5 Å². The van der Waals surface area contributed by atoms with Crippen molar-refractivity contribution in [1.82, 2.24) is 19.5 Å². The van der Waals surface area contributed by atoms with Gasteiger partial charge in [-0.15, -0.1) is 0 Å². The quantitative estimate of drug-likeness (QED) is 0.372. The molecule has 0 atom stereocenters. The average molecular weight is 556 g/mol. The zero-order valence-electron chi connectivity index (χ0n) is 22.4. The molecule has 3 aromatic heterocycles. The predicted molar refractivity (Wildman–Crippen MR) is 152 cm³/mol. The van der Waals surface area contributed by atoms with Gasteiger partial charge < -0.3 is 29.0 Å². The molecule has 41 heavy (non-hydrogen) atoms. The first-order valence-electron chi connectivity index (χ1n) is 12.9. The zero-order chi connectivity index (χ0) is 28.3. The van der Waals surface area contributed by atoms with Crippen LogP contribution in [0.1, 0.15) is 0 Å². The molecule has 0 saturated carbocycles. The molecule has 1 N–H and O–H groups in total. The molecule has 1 aliphatic heterocycles. The first kappa shape index (κ1) is 27.6.